The second-order valence-corrected chi connectivity index (χ2v) is 10.6. The Hall–Kier alpha value is -3.82. The molecule has 2 aromatic carbocycles. The van der Waals surface area contributed by atoms with Gasteiger partial charge in [-0.05, 0) is 87.1 Å². The Morgan fingerprint density at radius 2 is 1.77 bits per heavy atom. The number of nitrogens with two attached hydrogens (primary N) is 1. The molecule has 4 heteroatoms. The van der Waals surface area contributed by atoms with Crippen LogP contribution in [0.1, 0.15) is 56.2 Å². The molecule has 2 N–H and O–H groups in total. The first-order valence-corrected chi connectivity index (χ1v) is 14.5. The second-order valence-electron chi connectivity index (χ2n) is 10.3. The van der Waals surface area contributed by atoms with Crippen molar-refractivity contribution < 1.29 is 0 Å². The minimum absolute atomic E-state index is 0.556. The summed E-state index contributed by atoms with van der Waals surface area (Å²) in [5.41, 5.74) is 16.7. The molecule has 0 unspecified atom stereocenters. The quantitative estimate of drug-likeness (QED) is 0.258. The van der Waals surface area contributed by atoms with Gasteiger partial charge in [-0.3, -0.25) is 0 Å². The lowest BCUT2D eigenvalue weighted by Gasteiger charge is -2.36. The minimum Gasteiger partial charge on any atom is -0.383 e. The van der Waals surface area contributed by atoms with E-state index >= 15 is 0 Å². The lowest BCUT2D eigenvalue weighted by atomic mass is 9.83. The third kappa shape index (κ3) is 5.71. The van der Waals surface area contributed by atoms with E-state index in [1.807, 2.05) is 12.1 Å². The maximum absolute atomic E-state index is 5.99. The molecule has 0 atom stereocenters. The average Bonchev–Trinajstić information content (AvgIpc) is 2.97. The van der Waals surface area contributed by atoms with Gasteiger partial charge < -0.3 is 10.6 Å². The van der Waals surface area contributed by atoms with Crippen molar-refractivity contribution >= 4 is 51.1 Å². The average molecular weight is 550 g/mol. The molecule has 0 radical (unpaired) electrons. The maximum Gasteiger partial charge on any atom is 0.131 e. The Bertz CT molecular complexity index is 1670. The van der Waals surface area contributed by atoms with E-state index in [-0.39, 0.29) is 0 Å². The van der Waals surface area contributed by atoms with Crippen LogP contribution in [0.3, 0.4) is 0 Å². The highest BCUT2D eigenvalue weighted by molar-refractivity contribution is 6.18. The number of aromatic nitrogens is 1. The van der Waals surface area contributed by atoms with E-state index in [1.165, 1.54) is 49.7 Å². The Morgan fingerprint density at radius 1 is 1.05 bits per heavy atom. The molecule has 1 aliphatic heterocycles. The lowest BCUT2D eigenvalue weighted by Crippen LogP contribution is -2.33. The van der Waals surface area contributed by atoms with E-state index in [9.17, 15) is 0 Å². The summed E-state index contributed by atoms with van der Waals surface area (Å²) in [7, 11) is 0. The number of nitrogens with zero attached hydrogens (tertiary/aromatic N) is 2. The number of anilines is 2. The van der Waals surface area contributed by atoms with Gasteiger partial charge in [-0.25, -0.2) is 4.98 Å². The fourth-order valence-corrected chi connectivity index (χ4v) is 5.61. The first-order chi connectivity index (χ1) is 19.3. The summed E-state index contributed by atoms with van der Waals surface area (Å²) in [5.74, 6) is 1.19. The zero-order valence-corrected chi connectivity index (χ0v) is 25.0. The smallest absolute Gasteiger partial charge is 0.131 e. The monoisotopic (exact) mass is 549 g/mol. The number of hydrogen-bond acceptors (Lipinski definition) is 3. The van der Waals surface area contributed by atoms with Crippen LogP contribution in [0.15, 0.2) is 91.3 Å². The Kier molecular flexibility index (Phi) is 9.50. The summed E-state index contributed by atoms with van der Waals surface area (Å²) in [6, 6.07) is 12.7. The van der Waals surface area contributed by atoms with Crippen LogP contribution in [0.4, 0.5) is 11.5 Å². The molecule has 0 amide bonds. The van der Waals surface area contributed by atoms with Gasteiger partial charge in [0.2, 0.25) is 0 Å². The van der Waals surface area contributed by atoms with Gasteiger partial charge in [-0.2, -0.15) is 0 Å². The third-order valence-corrected chi connectivity index (χ3v) is 7.93. The Labute approximate surface area is 244 Å². The van der Waals surface area contributed by atoms with E-state index in [1.54, 1.807) is 6.08 Å². The number of rotatable bonds is 2. The molecular weight excluding hydrogens is 510 g/mol. The van der Waals surface area contributed by atoms with Crippen LogP contribution in [0, 0.1) is 13.8 Å². The van der Waals surface area contributed by atoms with E-state index < -0.39 is 0 Å². The number of alkyl halides is 1. The predicted octanol–water partition coefficient (Wildman–Crippen LogP) is 8.25. The van der Waals surface area contributed by atoms with E-state index in [4.69, 9.17) is 17.3 Å². The maximum atomic E-state index is 5.99. The molecule has 6 rings (SSSR count). The van der Waals surface area contributed by atoms with Crippen LogP contribution in [0.5, 0.6) is 0 Å². The molecule has 0 spiro atoms. The molecule has 3 aromatic rings. The predicted molar refractivity (Wildman–Crippen MR) is 177 cm³/mol. The highest BCUT2D eigenvalue weighted by atomic mass is 35.5. The van der Waals surface area contributed by atoms with Crippen molar-refractivity contribution in [2.75, 3.05) is 16.5 Å². The fourth-order valence-electron chi connectivity index (χ4n) is 5.61. The largest absolute Gasteiger partial charge is 0.383 e. The Morgan fingerprint density at radius 3 is 2.48 bits per heavy atom. The van der Waals surface area contributed by atoms with Gasteiger partial charge in [0.1, 0.15) is 5.82 Å². The van der Waals surface area contributed by atoms with Gasteiger partial charge in [-0.15, -0.1) is 18.2 Å². The molecule has 206 valence electrons. The van der Waals surface area contributed by atoms with Gasteiger partial charge in [0, 0.05) is 33.9 Å². The number of aryl methyl sites for hydroxylation is 1. The minimum atomic E-state index is 0.556. The molecule has 1 aromatic heterocycles. The SMILES string of the molecule is C=C1C2=C(C=CCC2)c2c(ccc(C)c2C)N1/C=C\C.C=CCCl.CC1=c2c(nc(N)c3ccccc23)=CCC1. The third-order valence-electron chi connectivity index (χ3n) is 7.71. The summed E-state index contributed by atoms with van der Waals surface area (Å²) in [6.07, 6.45) is 17.0. The number of fused-ring (bicyclic) bond motifs is 5. The molecule has 0 saturated heterocycles. The van der Waals surface area contributed by atoms with Crippen molar-refractivity contribution in [1.82, 2.24) is 4.98 Å². The molecule has 0 bridgehead atoms. The molecule has 2 aliphatic carbocycles. The molecule has 3 aliphatic rings. The summed E-state index contributed by atoms with van der Waals surface area (Å²) in [4.78, 5) is 6.73. The molecule has 0 fully saturated rings. The molecule has 0 saturated carbocycles. The molecule has 3 nitrogen and oxygen atoms in total. The first-order valence-electron chi connectivity index (χ1n) is 14.0. The molecule has 2 heterocycles. The van der Waals surface area contributed by atoms with Crippen LogP contribution in [-0.4, -0.2) is 10.9 Å². The zero-order chi connectivity index (χ0) is 28.8. The first kappa shape index (κ1) is 29.2. The fraction of sp³-hybridized carbons (Fsp3) is 0.250. The standard InChI is InChI=1S/C19H21N.C14H14N2.C3H5Cl/c1-5-12-20-15(4)16-8-6-7-9-17(16)19-14(3)13(2)10-11-18(19)20;1-9-5-4-8-12-13(9)10-6-2-3-7-11(10)14(15)16-12;1-2-3-4/h5,7,9-12H,4,6,8H2,1-3H3;2-3,6-8H,4-5H2,1H3,(H2,15,16);2H,1,3H2/b12-5-;;. The lowest BCUT2D eigenvalue weighted by molar-refractivity contribution is 0.943. The number of benzene rings is 2. The Balaban J connectivity index is 0.000000166. The summed E-state index contributed by atoms with van der Waals surface area (Å²) >= 11 is 5.07. The number of pyridine rings is 1. The van der Waals surface area contributed by atoms with Crippen molar-refractivity contribution in [3.8, 4) is 0 Å². The van der Waals surface area contributed by atoms with Gasteiger partial charge in [0.25, 0.3) is 0 Å². The van der Waals surface area contributed by atoms with E-state index in [0.29, 0.717) is 11.7 Å². The van der Waals surface area contributed by atoms with Gasteiger partial charge >= 0.3 is 0 Å². The van der Waals surface area contributed by atoms with E-state index in [0.717, 1.165) is 42.1 Å². The van der Waals surface area contributed by atoms with Crippen LogP contribution < -0.4 is 21.2 Å². The summed E-state index contributed by atoms with van der Waals surface area (Å²) in [5, 5.41) is 4.64. The molecule has 40 heavy (non-hydrogen) atoms. The van der Waals surface area contributed by atoms with Crippen molar-refractivity contribution in [1.29, 1.82) is 0 Å². The van der Waals surface area contributed by atoms with Gasteiger partial charge in [0.15, 0.2) is 0 Å². The highest BCUT2D eigenvalue weighted by Gasteiger charge is 2.27. The molecular formula is C36H40ClN3. The van der Waals surface area contributed by atoms with Crippen LogP contribution in [0.25, 0.3) is 28.0 Å². The topological polar surface area (TPSA) is 42.2 Å². The normalized spacial score (nSPS) is 15.4. The van der Waals surface area contributed by atoms with E-state index in [2.05, 4.69) is 106 Å². The zero-order valence-electron chi connectivity index (χ0n) is 24.2. The highest BCUT2D eigenvalue weighted by Crippen LogP contribution is 2.45. The van der Waals surface area contributed by atoms with Crippen LogP contribution >= 0.6 is 11.6 Å². The summed E-state index contributed by atoms with van der Waals surface area (Å²) in [6.45, 7) is 16.3. The van der Waals surface area contributed by atoms with Gasteiger partial charge in [-0.1, -0.05) is 72.9 Å². The number of nitrogen functional groups attached to an aromatic ring is 1. The van der Waals surface area contributed by atoms with Gasteiger partial charge in [0.05, 0.1) is 11.0 Å². The number of halogens is 1. The second kappa shape index (κ2) is 13.0. The van der Waals surface area contributed by atoms with Crippen molar-refractivity contribution in [3.63, 3.8) is 0 Å². The van der Waals surface area contributed by atoms with Crippen molar-refractivity contribution in [3.05, 3.63) is 119 Å². The summed E-state index contributed by atoms with van der Waals surface area (Å²) < 4.78 is 0. The number of allylic oxidation sites excluding steroid dienone is 6. The van der Waals surface area contributed by atoms with Crippen LogP contribution in [0.2, 0.25) is 0 Å². The van der Waals surface area contributed by atoms with Crippen molar-refractivity contribution in [2.24, 2.45) is 0 Å². The van der Waals surface area contributed by atoms with Crippen LogP contribution in [-0.2, 0) is 0 Å². The van der Waals surface area contributed by atoms with Crippen molar-refractivity contribution in [2.45, 2.75) is 53.4 Å². The number of hydrogen-bond donors (Lipinski definition) is 1.